The zero-order chi connectivity index (χ0) is 14.3. The molecule has 0 saturated heterocycles. The molecule has 0 amide bonds. The van der Waals surface area contributed by atoms with Gasteiger partial charge in [0.15, 0.2) is 0 Å². The van der Waals surface area contributed by atoms with Gasteiger partial charge in [-0.2, -0.15) is 0 Å². The lowest BCUT2D eigenvalue weighted by molar-refractivity contribution is -2.00. The lowest BCUT2D eigenvalue weighted by atomic mass is 10.3. The van der Waals surface area contributed by atoms with Crippen LogP contribution in [0, 0.1) is 13.8 Å². The number of halogens is 2. The first kappa shape index (κ1) is 18.9. The van der Waals surface area contributed by atoms with Crippen molar-refractivity contribution in [3.8, 4) is 0 Å². The van der Waals surface area contributed by atoms with E-state index in [4.69, 9.17) is 18.6 Å². The fourth-order valence-electron chi connectivity index (χ4n) is 0.956. The Morgan fingerprint density at radius 3 is 2.05 bits per heavy atom. The minimum atomic E-state index is -4.94. The summed E-state index contributed by atoms with van der Waals surface area (Å²) in [6, 6.07) is 7.84. The Morgan fingerprint density at radius 2 is 1.60 bits per heavy atom. The number of aromatic amines is 2. The Labute approximate surface area is 129 Å². The van der Waals surface area contributed by atoms with Crippen LogP contribution in [-0.4, -0.2) is 10.5 Å². The van der Waals surface area contributed by atoms with Crippen molar-refractivity contribution in [1.82, 2.24) is 4.98 Å². The second-order valence-electron chi connectivity index (χ2n) is 3.02. The molecule has 2 rings (SSSR count). The normalized spacial score (nSPS) is 10.7. The molecular weight excluding hydrogens is 406 g/mol. The van der Waals surface area contributed by atoms with Crippen LogP contribution in [0.3, 0.4) is 0 Å². The molecule has 0 atom stereocenters. The monoisotopic (exact) mass is 416 g/mol. The minimum Gasteiger partial charge on any atom is -0.412 e. The third kappa shape index (κ3) is 9.74. The van der Waals surface area contributed by atoms with Crippen molar-refractivity contribution in [2.24, 2.45) is 10.2 Å². The van der Waals surface area contributed by atoms with Crippen LogP contribution in [0.15, 0.2) is 46.9 Å². The maximum atomic E-state index is 8.49. The maximum Gasteiger partial charge on any atom is 0.416 e. The number of aromatic nitrogens is 2. The molecule has 0 aliphatic heterocycles. The first-order valence-corrected chi connectivity index (χ1v) is 7.00. The molecule has 0 saturated carbocycles. The van der Waals surface area contributed by atoms with Crippen LogP contribution in [-0.2, 0) is 0 Å². The van der Waals surface area contributed by atoms with E-state index < -0.39 is 10.2 Å². The second-order valence-corrected chi connectivity index (χ2v) is 5.03. The Balaban J connectivity index is 0.000000526. The van der Waals surface area contributed by atoms with Gasteiger partial charge in [0.1, 0.15) is 5.69 Å². The highest BCUT2D eigenvalue weighted by Gasteiger charge is 1.98. The summed E-state index contributed by atoms with van der Waals surface area (Å²) in [5.41, 5.74) is 0.841. The summed E-state index contributed by atoms with van der Waals surface area (Å²) in [6.07, 6.45) is 3.53. The van der Waals surface area contributed by atoms with Crippen LogP contribution in [0.4, 0.5) is 11.6 Å². The van der Waals surface area contributed by atoms with Crippen LogP contribution >= 0.6 is 22.6 Å². The van der Waals surface area contributed by atoms with E-state index in [-0.39, 0.29) is 5.48 Å². The summed E-state index contributed by atoms with van der Waals surface area (Å²) < 4.78 is 35.2. The number of H-pyrrole nitrogens is 2. The van der Waals surface area contributed by atoms with Gasteiger partial charge in [-0.3, -0.25) is 0 Å². The quantitative estimate of drug-likeness (QED) is 0.412. The SMILES string of the molecule is Ic1ccc(N=Nc2[nH]cc[nH+]2)cc1.O.[O-][Cl+3]([O-])([O-])[O-]. The fraction of sp³-hybridized carbons (Fsp3) is 0. The molecule has 0 radical (unpaired) electrons. The largest absolute Gasteiger partial charge is 0.416 e. The summed E-state index contributed by atoms with van der Waals surface area (Å²) in [7, 11) is -4.94. The molecule has 11 heteroatoms. The number of azo groups is 1. The topological polar surface area (TPSA) is 178 Å². The smallest absolute Gasteiger partial charge is 0.412 e. The van der Waals surface area contributed by atoms with Crippen molar-refractivity contribution < 1.29 is 39.3 Å². The molecule has 0 unspecified atom stereocenters. The van der Waals surface area contributed by atoms with E-state index in [1.54, 1.807) is 12.4 Å². The van der Waals surface area contributed by atoms with E-state index in [9.17, 15) is 0 Å². The Kier molecular flexibility index (Phi) is 8.40. The van der Waals surface area contributed by atoms with Gasteiger partial charge in [0.25, 0.3) is 0 Å². The van der Waals surface area contributed by atoms with E-state index in [1.165, 1.54) is 3.57 Å². The summed E-state index contributed by atoms with van der Waals surface area (Å²) >= 11 is 2.25. The van der Waals surface area contributed by atoms with Gasteiger partial charge in [-0.05, 0) is 46.9 Å². The average molecular weight is 417 g/mol. The van der Waals surface area contributed by atoms with E-state index in [0.717, 1.165) is 5.69 Å². The van der Waals surface area contributed by atoms with Crippen LogP contribution in [0.25, 0.3) is 0 Å². The Bertz CT molecular complexity index is 508. The van der Waals surface area contributed by atoms with Gasteiger partial charge >= 0.3 is 5.95 Å². The molecule has 9 nitrogen and oxygen atoms in total. The van der Waals surface area contributed by atoms with Crippen LogP contribution < -0.4 is 23.6 Å². The van der Waals surface area contributed by atoms with Crippen molar-refractivity contribution in [3.05, 3.63) is 40.2 Å². The van der Waals surface area contributed by atoms with E-state index in [2.05, 4.69) is 42.8 Å². The number of nitrogens with zero attached hydrogens (tertiary/aromatic N) is 2. The number of benzene rings is 1. The summed E-state index contributed by atoms with van der Waals surface area (Å²) in [5, 5.41) is 8.03. The van der Waals surface area contributed by atoms with Crippen LogP contribution in [0.5, 0.6) is 0 Å². The molecule has 1 aromatic heterocycles. The number of imidazole rings is 1. The number of hydrogen-bond donors (Lipinski definition) is 1. The van der Waals surface area contributed by atoms with Gasteiger partial charge in [-0.25, -0.2) is 28.6 Å². The van der Waals surface area contributed by atoms with E-state index in [0.29, 0.717) is 5.95 Å². The second kappa shape index (κ2) is 8.91. The Morgan fingerprint density at radius 1 is 1.05 bits per heavy atom. The van der Waals surface area contributed by atoms with Gasteiger partial charge in [0.2, 0.25) is 0 Å². The zero-order valence-electron chi connectivity index (χ0n) is 9.75. The van der Waals surface area contributed by atoms with Gasteiger partial charge in [-0.1, -0.05) is 5.11 Å². The first-order chi connectivity index (χ1) is 8.84. The number of nitrogens with one attached hydrogen (secondary N) is 2. The van der Waals surface area contributed by atoms with E-state index >= 15 is 0 Å². The zero-order valence-corrected chi connectivity index (χ0v) is 12.7. The Hall–Kier alpha value is -1.15. The van der Waals surface area contributed by atoms with Crippen LogP contribution in [0.1, 0.15) is 0 Å². The molecular formula is C9H10ClIN4O5. The third-order valence-electron chi connectivity index (χ3n) is 1.62. The molecule has 0 aliphatic rings. The summed E-state index contributed by atoms with van der Waals surface area (Å²) in [4.78, 5) is 5.80. The van der Waals surface area contributed by atoms with Gasteiger partial charge in [0, 0.05) is 8.68 Å². The summed E-state index contributed by atoms with van der Waals surface area (Å²) in [5.74, 6) is 0.642. The first-order valence-electron chi connectivity index (χ1n) is 4.69. The van der Waals surface area contributed by atoms with Crippen molar-refractivity contribution in [1.29, 1.82) is 0 Å². The number of rotatable bonds is 2. The number of hydrogen-bond acceptors (Lipinski definition) is 6. The van der Waals surface area contributed by atoms with Crippen molar-refractivity contribution in [3.63, 3.8) is 0 Å². The van der Waals surface area contributed by atoms with Gasteiger partial charge in [0.05, 0.1) is 12.4 Å². The molecule has 110 valence electrons. The maximum absolute atomic E-state index is 8.49. The lowest BCUT2D eigenvalue weighted by Crippen LogP contribution is -2.68. The molecule has 4 N–H and O–H groups in total. The van der Waals surface area contributed by atoms with Gasteiger partial charge < -0.3 is 5.48 Å². The molecule has 0 fully saturated rings. The lowest BCUT2D eigenvalue weighted by Gasteiger charge is -2.17. The van der Waals surface area contributed by atoms with Gasteiger partial charge in [-0.15, -0.1) is 10.2 Å². The highest BCUT2D eigenvalue weighted by atomic mass is 127. The van der Waals surface area contributed by atoms with E-state index in [1.807, 2.05) is 24.3 Å². The molecule has 1 heterocycles. The van der Waals surface area contributed by atoms with Crippen molar-refractivity contribution in [2.75, 3.05) is 0 Å². The fourth-order valence-corrected chi connectivity index (χ4v) is 1.32. The predicted molar refractivity (Wildman–Crippen MR) is 64.3 cm³/mol. The van der Waals surface area contributed by atoms with Crippen molar-refractivity contribution in [2.45, 2.75) is 0 Å². The molecule has 1 aromatic carbocycles. The standard InChI is InChI=1S/C9H7IN4.ClHO4.H2O/c10-7-1-3-8(4-2-7)13-14-9-11-5-6-12-9;2-1(3,4)5;/h1-6H,(H,11,12);(H,2,3,4,5);1H2. The molecule has 2 aromatic rings. The highest BCUT2D eigenvalue weighted by Crippen LogP contribution is 2.15. The highest BCUT2D eigenvalue weighted by molar-refractivity contribution is 14.1. The summed E-state index contributed by atoms with van der Waals surface area (Å²) in [6.45, 7) is 0. The van der Waals surface area contributed by atoms with Crippen molar-refractivity contribution >= 4 is 34.2 Å². The third-order valence-corrected chi connectivity index (χ3v) is 2.33. The molecule has 20 heavy (non-hydrogen) atoms. The molecule has 0 bridgehead atoms. The molecule has 0 spiro atoms. The average Bonchev–Trinajstić information content (AvgIpc) is 2.79. The molecule has 0 aliphatic carbocycles. The predicted octanol–water partition coefficient (Wildman–Crippen LogP) is -2.73. The minimum absolute atomic E-state index is 0. The van der Waals surface area contributed by atoms with Crippen LogP contribution in [0.2, 0.25) is 0 Å².